The van der Waals surface area contributed by atoms with Crippen LogP contribution in [0.3, 0.4) is 0 Å². The van der Waals surface area contributed by atoms with E-state index in [2.05, 4.69) is 30.2 Å². The average Bonchev–Trinajstić information content (AvgIpc) is 2.46. The predicted molar refractivity (Wildman–Crippen MR) is 63.1 cm³/mol. The standard InChI is InChI=1S/C12H13ClN2/c1-8-5-4-6-10(7-8)11-9(2)12(13)15(3)14-11/h4-7H,1-3H3. The molecule has 2 nitrogen and oxygen atoms in total. The van der Waals surface area contributed by atoms with Gasteiger partial charge >= 0.3 is 0 Å². The minimum Gasteiger partial charge on any atom is -0.256 e. The van der Waals surface area contributed by atoms with Crippen molar-refractivity contribution in [1.29, 1.82) is 0 Å². The second-order valence-electron chi connectivity index (χ2n) is 3.76. The van der Waals surface area contributed by atoms with Crippen molar-refractivity contribution >= 4 is 11.6 Å². The molecule has 0 bridgehead atoms. The molecule has 0 fully saturated rings. The summed E-state index contributed by atoms with van der Waals surface area (Å²) in [7, 11) is 1.86. The van der Waals surface area contributed by atoms with Crippen molar-refractivity contribution < 1.29 is 0 Å². The second-order valence-corrected chi connectivity index (χ2v) is 4.12. The lowest BCUT2D eigenvalue weighted by Gasteiger charge is -1.99. The summed E-state index contributed by atoms with van der Waals surface area (Å²) in [5.41, 5.74) is 4.35. The van der Waals surface area contributed by atoms with Crippen molar-refractivity contribution in [2.24, 2.45) is 7.05 Å². The van der Waals surface area contributed by atoms with E-state index in [-0.39, 0.29) is 0 Å². The summed E-state index contributed by atoms with van der Waals surface area (Å²) in [4.78, 5) is 0. The molecule has 0 radical (unpaired) electrons. The van der Waals surface area contributed by atoms with Crippen molar-refractivity contribution in [3.05, 3.63) is 40.5 Å². The number of benzene rings is 1. The zero-order valence-corrected chi connectivity index (χ0v) is 9.84. The van der Waals surface area contributed by atoms with Crippen LogP contribution in [0.15, 0.2) is 24.3 Å². The highest BCUT2D eigenvalue weighted by atomic mass is 35.5. The maximum atomic E-state index is 6.09. The van der Waals surface area contributed by atoms with Gasteiger partial charge in [-0.25, -0.2) is 0 Å². The third-order valence-corrected chi connectivity index (χ3v) is 3.02. The first-order chi connectivity index (χ1) is 7.09. The molecule has 0 aliphatic rings. The van der Waals surface area contributed by atoms with Crippen LogP contribution >= 0.6 is 11.6 Å². The third kappa shape index (κ3) is 1.77. The van der Waals surface area contributed by atoms with Gasteiger partial charge in [-0.2, -0.15) is 5.10 Å². The molecule has 1 aromatic carbocycles. The van der Waals surface area contributed by atoms with Crippen molar-refractivity contribution in [2.75, 3.05) is 0 Å². The molecular weight excluding hydrogens is 208 g/mol. The molecule has 78 valence electrons. The summed E-state index contributed by atoms with van der Waals surface area (Å²) in [6.45, 7) is 4.07. The van der Waals surface area contributed by atoms with Gasteiger partial charge in [-0.1, -0.05) is 35.4 Å². The summed E-state index contributed by atoms with van der Waals surface area (Å²) in [6.07, 6.45) is 0. The van der Waals surface area contributed by atoms with Crippen LogP contribution in [0.2, 0.25) is 5.15 Å². The van der Waals surface area contributed by atoms with Crippen LogP contribution in [0.5, 0.6) is 0 Å². The SMILES string of the molecule is Cc1cccc(-c2nn(C)c(Cl)c2C)c1. The Kier molecular flexibility index (Phi) is 2.53. The fraction of sp³-hybridized carbons (Fsp3) is 0.250. The minimum absolute atomic E-state index is 0.700. The first-order valence-corrected chi connectivity index (χ1v) is 5.23. The van der Waals surface area contributed by atoms with Gasteiger partial charge in [-0.15, -0.1) is 0 Å². The minimum atomic E-state index is 0.700. The molecule has 3 heteroatoms. The zero-order valence-electron chi connectivity index (χ0n) is 9.08. The first-order valence-electron chi connectivity index (χ1n) is 4.85. The molecule has 0 spiro atoms. The number of aromatic nitrogens is 2. The van der Waals surface area contributed by atoms with E-state index in [0.717, 1.165) is 16.8 Å². The first kappa shape index (κ1) is 10.2. The van der Waals surface area contributed by atoms with E-state index in [4.69, 9.17) is 11.6 Å². The largest absolute Gasteiger partial charge is 0.256 e. The fourth-order valence-electron chi connectivity index (χ4n) is 1.68. The summed E-state index contributed by atoms with van der Waals surface area (Å²) >= 11 is 6.09. The van der Waals surface area contributed by atoms with Crippen molar-refractivity contribution in [3.8, 4) is 11.3 Å². The van der Waals surface area contributed by atoms with E-state index >= 15 is 0 Å². The van der Waals surface area contributed by atoms with Crippen LogP contribution < -0.4 is 0 Å². The highest BCUT2D eigenvalue weighted by molar-refractivity contribution is 6.30. The van der Waals surface area contributed by atoms with Crippen LogP contribution in [-0.2, 0) is 7.05 Å². The molecule has 2 aromatic rings. The third-order valence-electron chi connectivity index (χ3n) is 2.49. The Bertz CT molecular complexity index is 500. The van der Waals surface area contributed by atoms with Gasteiger partial charge in [0, 0.05) is 18.2 Å². The molecular formula is C12H13ClN2. The Hall–Kier alpha value is -1.28. The fourth-order valence-corrected chi connectivity index (χ4v) is 1.80. The van der Waals surface area contributed by atoms with Crippen molar-refractivity contribution in [2.45, 2.75) is 13.8 Å². The molecule has 15 heavy (non-hydrogen) atoms. The smallest absolute Gasteiger partial charge is 0.130 e. The van der Waals surface area contributed by atoms with Gasteiger partial charge in [0.1, 0.15) is 5.15 Å². The van der Waals surface area contributed by atoms with E-state index in [1.807, 2.05) is 20.0 Å². The van der Waals surface area contributed by atoms with E-state index in [1.54, 1.807) is 4.68 Å². The molecule has 0 N–H and O–H groups in total. The highest BCUT2D eigenvalue weighted by Gasteiger charge is 2.11. The highest BCUT2D eigenvalue weighted by Crippen LogP contribution is 2.27. The quantitative estimate of drug-likeness (QED) is 0.721. The number of hydrogen-bond acceptors (Lipinski definition) is 1. The molecule has 0 unspecified atom stereocenters. The van der Waals surface area contributed by atoms with Gasteiger partial charge in [0.15, 0.2) is 0 Å². The second kappa shape index (κ2) is 3.70. The Morgan fingerprint density at radius 2 is 2.00 bits per heavy atom. The average molecular weight is 221 g/mol. The Balaban J connectivity index is 2.59. The molecule has 0 aliphatic heterocycles. The molecule has 2 rings (SSSR count). The van der Waals surface area contributed by atoms with E-state index < -0.39 is 0 Å². The number of aryl methyl sites for hydroxylation is 2. The Morgan fingerprint density at radius 1 is 1.27 bits per heavy atom. The van der Waals surface area contributed by atoms with E-state index in [1.165, 1.54) is 5.56 Å². The lowest BCUT2D eigenvalue weighted by atomic mass is 10.1. The van der Waals surface area contributed by atoms with Crippen LogP contribution in [0, 0.1) is 13.8 Å². The summed E-state index contributed by atoms with van der Waals surface area (Å²) in [6, 6.07) is 8.28. The van der Waals surface area contributed by atoms with Crippen LogP contribution in [0.4, 0.5) is 0 Å². The van der Waals surface area contributed by atoms with Crippen LogP contribution in [-0.4, -0.2) is 9.78 Å². The Labute approximate surface area is 94.5 Å². The number of halogens is 1. The van der Waals surface area contributed by atoms with Gasteiger partial charge in [0.2, 0.25) is 0 Å². The summed E-state index contributed by atoms with van der Waals surface area (Å²) < 4.78 is 1.70. The molecule has 0 aliphatic carbocycles. The lowest BCUT2D eigenvalue weighted by Crippen LogP contribution is -1.89. The van der Waals surface area contributed by atoms with E-state index in [0.29, 0.717) is 5.15 Å². The van der Waals surface area contributed by atoms with Crippen molar-refractivity contribution in [1.82, 2.24) is 9.78 Å². The molecule has 0 saturated heterocycles. The number of hydrogen-bond donors (Lipinski definition) is 0. The summed E-state index contributed by atoms with van der Waals surface area (Å²) in [5.74, 6) is 0. The molecule has 0 atom stereocenters. The Morgan fingerprint density at radius 3 is 2.53 bits per heavy atom. The molecule has 1 heterocycles. The normalized spacial score (nSPS) is 10.7. The maximum absolute atomic E-state index is 6.09. The predicted octanol–water partition coefficient (Wildman–Crippen LogP) is 3.36. The van der Waals surface area contributed by atoms with Gasteiger partial charge in [-0.05, 0) is 19.9 Å². The van der Waals surface area contributed by atoms with Crippen LogP contribution in [0.25, 0.3) is 11.3 Å². The molecule has 0 saturated carbocycles. The van der Waals surface area contributed by atoms with Gasteiger partial charge < -0.3 is 0 Å². The van der Waals surface area contributed by atoms with Crippen molar-refractivity contribution in [3.63, 3.8) is 0 Å². The van der Waals surface area contributed by atoms with Gasteiger partial charge in [-0.3, -0.25) is 4.68 Å². The zero-order chi connectivity index (χ0) is 11.0. The number of nitrogens with zero attached hydrogens (tertiary/aromatic N) is 2. The lowest BCUT2D eigenvalue weighted by molar-refractivity contribution is 0.771. The number of rotatable bonds is 1. The summed E-state index contributed by atoms with van der Waals surface area (Å²) in [5, 5.41) is 5.11. The maximum Gasteiger partial charge on any atom is 0.130 e. The molecule has 0 amide bonds. The topological polar surface area (TPSA) is 17.8 Å². The molecule has 1 aromatic heterocycles. The van der Waals surface area contributed by atoms with Crippen LogP contribution in [0.1, 0.15) is 11.1 Å². The van der Waals surface area contributed by atoms with E-state index in [9.17, 15) is 0 Å². The van der Waals surface area contributed by atoms with Gasteiger partial charge in [0.05, 0.1) is 5.69 Å². The van der Waals surface area contributed by atoms with Gasteiger partial charge in [0.25, 0.3) is 0 Å². The monoisotopic (exact) mass is 220 g/mol.